The Hall–Kier alpha value is -2.57. The minimum Gasteiger partial charge on any atom is -0.299 e. The van der Waals surface area contributed by atoms with Crippen molar-refractivity contribution in [3.8, 4) is 0 Å². The summed E-state index contributed by atoms with van der Waals surface area (Å²) in [6.07, 6.45) is 5.72. The van der Waals surface area contributed by atoms with E-state index in [1.165, 1.54) is 25.2 Å². The van der Waals surface area contributed by atoms with E-state index >= 15 is 0 Å². The Morgan fingerprint density at radius 3 is 2.70 bits per heavy atom. The first kappa shape index (κ1) is 16.8. The van der Waals surface area contributed by atoms with Gasteiger partial charge in [0.2, 0.25) is 12.3 Å². The van der Waals surface area contributed by atoms with Crippen LogP contribution in [0.5, 0.6) is 0 Å². The molecular formula is C16H17FN2O4. The van der Waals surface area contributed by atoms with E-state index < -0.39 is 29.4 Å². The standard InChI is InChI=1S/C16H17FN2O4/c1-10(5-6-13(21)18-9-20)19-14(22)11-4-3-7-16(2,17)8-12(11)15(19)23/h3-4,7-10H,5-6H2,1-2H3,(H,18,20,21). The summed E-state index contributed by atoms with van der Waals surface area (Å²) in [7, 11) is 0. The molecule has 2 rings (SSSR count). The number of amides is 4. The number of hydrogen-bond acceptors (Lipinski definition) is 4. The van der Waals surface area contributed by atoms with Gasteiger partial charge in [-0.1, -0.05) is 6.08 Å². The number of alkyl halides is 1. The van der Waals surface area contributed by atoms with Gasteiger partial charge in [-0.3, -0.25) is 29.4 Å². The Kier molecular flexibility index (Phi) is 4.58. The second-order valence-electron chi connectivity index (χ2n) is 5.70. The fourth-order valence-corrected chi connectivity index (χ4v) is 2.55. The molecule has 1 heterocycles. The number of fused-ring (bicyclic) bond motifs is 1. The third-order valence-electron chi connectivity index (χ3n) is 3.75. The van der Waals surface area contributed by atoms with Crippen molar-refractivity contribution in [2.24, 2.45) is 0 Å². The highest BCUT2D eigenvalue weighted by Gasteiger charge is 2.42. The normalized spacial score (nSPS) is 24.6. The molecule has 0 saturated carbocycles. The third-order valence-corrected chi connectivity index (χ3v) is 3.75. The van der Waals surface area contributed by atoms with Crippen molar-refractivity contribution in [2.75, 3.05) is 0 Å². The lowest BCUT2D eigenvalue weighted by Gasteiger charge is -2.21. The molecular weight excluding hydrogens is 303 g/mol. The number of carbonyl (C=O) groups is 4. The predicted octanol–water partition coefficient (Wildman–Crippen LogP) is 0.947. The maximum Gasteiger partial charge on any atom is 0.261 e. The molecule has 0 bridgehead atoms. The van der Waals surface area contributed by atoms with Crippen LogP contribution in [0.25, 0.3) is 0 Å². The van der Waals surface area contributed by atoms with E-state index in [4.69, 9.17) is 0 Å². The van der Waals surface area contributed by atoms with Crippen LogP contribution < -0.4 is 5.32 Å². The molecule has 0 aromatic rings. The van der Waals surface area contributed by atoms with Crippen LogP contribution in [0.15, 0.2) is 35.5 Å². The third kappa shape index (κ3) is 3.44. The van der Waals surface area contributed by atoms with Crippen LogP contribution in [0.4, 0.5) is 4.39 Å². The van der Waals surface area contributed by atoms with Crippen LogP contribution in [-0.2, 0) is 19.2 Å². The maximum atomic E-state index is 14.2. The molecule has 0 radical (unpaired) electrons. The average Bonchev–Trinajstić information content (AvgIpc) is 2.61. The van der Waals surface area contributed by atoms with Gasteiger partial charge in [0.15, 0.2) is 0 Å². The number of likely N-dealkylation sites (tertiary alicyclic amines) is 1. The van der Waals surface area contributed by atoms with Crippen molar-refractivity contribution < 1.29 is 23.6 Å². The molecule has 0 aromatic heterocycles. The monoisotopic (exact) mass is 320 g/mol. The van der Waals surface area contributed by atoms with Gasteiger partial charge in [0.05, 0.1) is 11.1 Å². The van der Waals surface area contributed by atoms with E-state index in [2.05, 4.69) is 0 Å². The maximum absolute atomic E-state index is 14.2. The molecule has 2 unspecified atom stereocenters. The molecule has 23 heavy (non-hydrogen) atoms. The zero-order valence-electron chi connectivity index (χ0n) is 12.8. The van der Waals surface area contributed by atoms with Crippen molar-refractivity contribution in [1.29, 1.82) is 0 Å². The van der Waals surface area contributed by atoms with Crippen molar-refractivity contribution in [2.45, 2.75) is 38.4 Å². The second kappa shape index (κ2) is 6.28. The van der Waals surface area contributed by atoms with Gasteiger partial charge in [0.1, 0.15) is 5.67 Å². The fourth-order valence-electron chi connectivity index (χ4n) is 2.55. The Bertz CT molecular complexity index is 661. The van der Waals surface area contributed by atoms with Crippen LogP contribution >= 0.6 is 0 Å². The van der Waals surface area contributed by atoms with E-state index in [0.29, 0.717) is 0 Å². The lowest BCUT2D eigenvalue weighted by Crippen LogP contribution is -2.38. The smallest absolute Gasteiger partial charge is 0.261 e. The first-order chi connectivity index (χ1) is 10.8. The number of nitrogens with zero attached hydrogens (tertiary/aromatic N) is 1. The number of nitrogens with one attached hydrogen (secondary N) is 1. The summed E-state index contributed by atoms with van der Waals surface area (Å²) < 4.78 is 14.2. The fraction of sp³-hybridized carbons (Fsp3) is 0.375. The minimum absolute atomic E-state index is 0.00418. The Morgan fingerprint density at radius 1 is 1.39 bits per heavy atom. The van der Waals surface area contributed by atoms with E-state index in [1.54, 1.807) is 6.92 Å². The Labute approximate surface area is 132 Å². The van der Waals surface area contributed by atoms with Gasteiger partial charge in [-0.05, 0) is 38.5 Å². The van der Waals surface area contributed by atoms with Gasteiger partial charge in [-0.2, -0.15) is 0 Å². The van der Waals surface area contributed by atoms with E-state index in [1.807, 2.05) is 5.32 Å². The van der Waals surface area contributed by atoms with Crippen LogP contribution in [0, 0.1) is 0 Å². The first-order valence-electron chi connectivity index (χ1n) is 7.19. The highest BCUT2D eigenvalue weighted by molar-refractivity contribution is 6.25. The Balaban J connectivity index is 2.19. The summed E-state index contributed by atoms with van der Waals surface area (Å²) in [5.74, 6) is -1.57. The molecule has 0 aromatic carbocycles. The molecule has 0 spiro atoms. The first-order valence-corrected chi connectivity index (χ1v) is 7.19. The molecule has 122 valence electrons. The van der Waals surface area contributed by atoms with Gasteiger partial charge in [0.25, 0.3) is 11.8 Å². The highest BCUT2D eigenvalue weighted by Crippen LogP contribution is 2.33. The van der Waals surface area contributed by atoms with Gasteiger partial charge in [0, 0.05) is 12.5 Å². The van der Waals surface area contributed by atoms with Crippen LogP contribution in [-0.4, -0.2) is 40.7 Å². The van der Waals surface area contributed by atoms with E-state index in [-0.39, 0.29) is 30.4 Å². The molecule has 1 aliphatic heterocycles. The highest BCUT2D eigenvalue weighted by atomic mass is 19.1. The van der Waals surface area contributed by atoms with E-state index in [9.17, 15) is 23.6 Å². The number of imide groups is 2. The van der Waals surface area contributed by atoms with Crippen molar-refractivity contribution in [3.05, 3.63) is 35.5 Å². The lowest BCUT2D eigenvalue weighted by atomic mass is 10.0. The topological polar surface area (TPSA) is 83.6 Å². The molecule has 1 aliphatic carbocycles. The molecule has 2 aliphatic rings. The summed E-state index contributed by atoms with van der Waals surface area (Å²) >= 11 is 0. The van der Waals surface area contributed by atoms with Crippen molar-refractivity contribution in [1.82, 2.24) is 10.2 Å². The molecule has 7 heteroatoms. The molecule has 2 atom stereocenters. The number of hydrogen-bond donors (Lipinski definition) is 1. The zero-order valence-corrected chi connectivity index (χ0v) is 12.8. The van der Waals surface area contributed by atoms with Crippen molar-refractivity contribution >= 4 is 24.1 Å². The summed E-state index contributed by atoms with van der Waals surface area (Å²) in [5, 5.41) is 1.99. The number of rotatable bonds is 5. The molecule has 1 fully saturated rings. The zero-order chi connectivity index (χ0) is 17.2. The number of carbonyl (C=O) groups excluding carboxylic acids is 4. The van der Waals surface area contributed by atoms with Gasteiger partial charge in [-0.25, -0.2) is 4.39 Å². The largest absolute Gasteiger partial charge is 0.299 e. The van der Waals surface area contributed by atoms with Gasteiger partial charge >= 0.3 is 0 Å². The van der Waals surface area contributed by atoms with E-state index in [0.717, 1.165) is 11.0 Å². The molecule has 1 N–H and O–H groups in total. The molecule has 1 saturated heterocycles. The minimum atomic E-state index is -1.81. The second-order valence-corrected chi connectivity index (χ2v) is 5.70. The van der Waals surface area contributed by atoms with Crippen LogP contribution in [0.1, 0.15) is 26.7 Å². The quantitative estimate of drug-likeness (QED) is 0.604. The molecule has 4 amide bonds. The summed E-state index contributed by atoms with van der Waals surface area (Å²) in [5.41, 5.74) is -1.63. The number of allylic oxidation sites excluding steroid dienone is 4. The number of halogens is 1. The summed E-state index contributed by atoms with van der Waals surface area (Å²) in [4.78, 5) is 47.4. The van der Waals surface area contributed by atoms with Gasteiger partial charge in [-0.15, -0.1) is 0 Å². The van der Waals surface area contributed by atoms with Gasteiger partial charge < -0.3 is 0 Å². The summed E-state index contributed by atoms with van der Waals surface area (Å²) in [6.45, 7) is 2.92. The Morgan fingerprint density at radius 2 is 2.04 bits per heavy atom. The summed E-state index contributed by atoms with van der Waals surface area (Å²) in [6, 6.07) is -0.545. The molecule has 6 nitrogen and oxygen atoms in total. The average molecular weight is 320 g/mol. The predicted molar refractivity (Wildman–Crippen MR) is 79.6 cm³/mol. The van der Waals surface area contributed by atoms with Crippen LogP contribution in [0.3, 0.4) is 0 Å². The van der Waals surface area contributed by atoms with Crippen molar-refractivity contribution in [3.63, 3.8) is 0 Å². The SMILES string of the molecule is CC(CCC(=O)NC=O)N1C(=O)C2=CC=CC(C)(F)C=C2C1=O. The lowest BCUT2D eigenvalue weighted by molar-refractivity contribution is -0.139. The van der Waals surface area contributed by atoms with Crippen LogP contribution in [0.2, 0.25) is 0 Å².